The highest BCUT2D eigenvalue weighted by molar-refractivity contribution is 5.72. The molecule has 0 saturated heterocycles. The lowest BCUT2D eigenvalue weighted by Crippen LogP contribution is -2.46. The Kier molecular flexibility index (Phi) is 6.02. The standard InChI is InChI=1S/C16H24N2O3/c19-15(18-21-12-14-8-4-3-5-9-14)17-13-16(20)10-6-1-2-7-11-16/h3-5,8-9,20H,1-2,6-7,10-13H2,(H2,17,18,19). The fourth-order valence-corrected chi connectivity index (χ4v) is 2.60. The molecule has 2 rings (SSSR count). The van der Waals surface area contributed by atoms with E-state index in [1.165, 1.54) is 0 Å². The highest BCUT2D eigenvalue weighted by Gasteiger charge is 2.28. The first-order valence-corrected chi connectivity index (χ1v) is 7.60. The molecule has 1 aromatic carbocycles. The number of benzene rings is 1. The summed E-state index contributed by atoms with van der Waals surface area (Å²) >= 11 is 0. The van der Waals surface area contributed by atoms with Crippen molar-refractivity contribution in [1.29, 1.82) is 0 Å². The quantitative estimate of drug-likeness (QED) is 0.577. The van der Waals surface area contributed by atoms with Crippen LogP contribution in [0.3, 0.4) is 0 Å². The number of urea groups is 1. The van der Waals surface area contributed by atoms with Gasteiger partial charge in [-0.05, 0) is 18.4 Å². The molecule has 1 aliphatic carbocycles. The lowest BCUT2D eigenvalue weighted by molar-refractivity contribution is 0.0204. The summed E-state index contributed by atoms with van der Waals surface area (Å²) in [5, 5.41) is 13.1. The Morgan fingerprint density at radius 3 is 2.48 bits per heavy atom. The van der Waals surface area contributed by atoms with Crippen LogP contribution in [0.25, 0.3) is 0 Å². The molecule has 0 aromatic heterocycles. The molecule has 5 nitrogen and oxygen atoms in total. The van der Waals surface area contributed by atoms with E-state index >= 15 is 0 Å². The largest absolute Gasteiger partial charge is 0.388 e. The van der Waals surface area contributed by atoms with Crippen LogP contribution < -0.4 is 10.8 Å². The minimum absolute atomic E-state index is 0.271. The summed E-state index contributed by atoms with van der Waals surface area (Å²) < 4.78 is 0. The topological polar surface area (TPSA) is 70.6 Å². The van der Waals surface area contributed by atoms with E-state index < -0.39 is 11.6 Å². The van der Waals surface area contributed by atoms with Crippen molar-refractivity contribution in [3.63, 3.8) is 0 Å². The zero-order chi connectivity index (χ0) is 15.0. The maximum atomic E-state index is 11.6. The third kappa shape index (κ3) is 5.73. The molecular formula is C16H24N2O3. The average Bonchev–Trinajstić information content (AvgIpc) is 2.72. The van der Waals surface area contributed by atoms with Crippen LogP contribution >= 0.6 is 0 Å². The average molecular weight is 292 g/mol. The Morgan fingerprint density at radius 2 is 1.81 bits per heavy atom. The molecule has 0 spiro atoms. The molecule has 0 bridgehead atoms. The first kappa shape index (κ1) is 15.8. The summed E-state index contributed by atoms with van der Waals surface area (Å²) in [6, 6.07) is 9.20. The number of hydrogen-bond donors (Lipinski definition) is 3. The molecule has 21 heavy (non-hydrogen) atoms. The normalized spacial score (nSPS) is 17.8. The molecular weight excluding hydrogens is 268 g/mol. The number of amides is 2. The molecule has 1 aromatic rings. The fraction of sp³-hybridized carbons (Fsp3) is 0.562. The Hall–Kier alpha value is -1.59. The lowest BCUT2D eigenvalue weighted by Gasteiger charge is -2.26. The van der Waals surface area contributed by atoms with Crippen LogP contribution in [0.1, 0.15) is 44.1 Å². The number of carbonyl (C=O) groups is 1. The number of aliphatic hydroxyl groups is 1. The molecule has 0 unspecified atom stereocenters. The minimum Gasteiger partial charge on any atom is -0.388 e. The van der Waals surface area contributed by atoms with Crippen molar-refractivity contribution in [2.45, 2.75) is 50.7 Å². The van der Waals surface area contributed by atoms with E-state index in [2.05, 4.69) is 10.8 Å². The van der Waals surface area contributed by atoms with E-state index in [4.69, 9.17) is 4.84 Å². The second kappa shape index (κ2) is 8.00. The summed E-state index contributed by atoms with van der Waals surface area (Å²) in [6.07, 6.45) is 5.86. The van der Waals surface area contributed by atoms with Crippen LogP contribution in [0.2, 0.25) is 0 Å². The van der Waals surface area contributed by atoms with Crippen molar-refractivity contribution in [3.8, 4) is 0 Å². The van der Waals surface area contributed by atoms with Gasteiger partial charge in [-0.1, -0.05) is 56.0 Å². The van der Waals surface area contributed by atoms with Gasteiger partial charge in [-0.25, -0.2) is 10.3 Å². The fourth-order valence-electron chi connectivity index (χ4n) is 2.60. The number of rotatable bonds is 5. The molecule has 5 heteroatoms. The monoisotopic (exact) mass is 292 g/mol. The van der Waals surface area contributed by atoms with E-state index in [0.29, 0.717) is 6.61 Å². The third-order valence-corrected chi connectivity index (χ3v) is 3.86. The summed E-state index contributed by atoms with van der Waals surface area (Å²) in [4.78, 5) is 16.8. The lowest BCUT2D eigenvalue weighted by atomic mass is 9.95. The zero-order valence-electron chi connectivity index (χ0n) is 12.3. The minimum atomic E-state index is -0.771. The van der Waals surface area contributed by atoms with E-state index in [-0.39, 0.29) is 6.54 Å². The number of nitrogens with one attached hydrogen (secondary N) is 2. The summed E-state index contributed by atoms with van der Waals surface area (Å²) in [5.41, 5.74) is 2.56. The van der Waals surface area contributed by atoms with Crippen molar-refractivity contribution >= 4 is 6.03 Å². The Labute approximate surface area is 125 Å². The van der Waals surface area contributed by atoms with Gasteiger partial charge in [0, 0.05) is 6.54 Å². The number of carbonyl (C=O) groups excluding carboxylic acids is 1. The van der Waals surface area contributed by atoms with Crippen molar-refractivity contribution in [3.05, 3.63) is 35.9 Å². The van der Waals surface area contributed by atoms with Crippen LogP contribution in [0, 0.1) is 0 Å². The molecule has 1 aliphatic rings. The first-order chi connectivity index (χ1) is 10.2. The molecule has 0 heterocycles. The van der Waals surface area contributed by atoms with E-state index in [1.54, 1.807) is 0 Å². The SMILES string of the molecule is O=C(NCC1(O)CCCCCC1)NOCc1ccccc1. The molecule has 0 radical (unpaired) electrons. The van der Waals surface area contributed by atoms with Crippen LogP contribution in [0.5, 0.6) is 0 Å². The van der Waals surface area contributed by atoms with Gasteiger partial charge >= 0.3 is 6.03 Å². The predicted molar refractivity (Wildman–Crippen MR) is 80.4 cm³/mol. The molecule has 1 fully saturated rings. The molecule has 0 aliphatic heterocycles. The summed E-state index contributed by atoms with van der Waals surface area (Å²) in [6.45, 7) is 0.589. The van der Waals surface area contributed by atoms with Gasteiger partial charge in [-0.15, -0.1) is 0 Å². The smallest absolute Gasteiger partial charge is 0.338 e. The zero-order valence-corrected chi connectivity index (χ0v) is 12.3. The number of hydroxylamine groups is 1. The molecule has 0 atom stereocenters. The van der Waals surface area contributed by atoms with Gasteiger partial charge in [0.25, 0.3) is 0 Å². The van der Waals surface area contributed by atoms with Gasteiger partial charge in [0.05, 0.1) is 12.2 Å². The van der Waals surface area contributed by atoms with Gasteiger partial charge in [-0.2, -0.15) is 0 Å². The second-order valence-electron chi connectivity index (χ2n) is 5.70. The van der Waals surface area contributed by atoms with Gasteiger partial charge in [0.15, 0.2) is 0 Å². The maximum absolute atomic E-state index is 11.6. The van der Waals surface area contributed by atoms with Crippen molar-refractivity contribution in [2.75, 3.05) is 6.54 Å². The molecule has 2 amide bonds. The van der Waals surface area contributed by atoms with Crippen molar-refractivity contribution in [1.82, 2.24) is 10.8 Å². The van der Waals surface area contributed by atoms with Crippen molar-refractivity contribution in [2.24, 2.45) is 0 Å². The van der Waals surface area contributed by atoms with E-state index in [1.807, 2.05) is 30.3 Å². The third-order valence-electron chi connectivity index (χ3n) is 3.86. The van der Waals surface area contributed by atoms with Gasteiger partial charge in [0.2, 0.25) is 0 Å². The van der Waals surface area contributed by atoms with Crippen LogP contribution in [-0.4, -0.2) is 23.3 Å². The number of hydrogen-bond acceptors (Lipinski definition) is 3. The predicted octanol–water partition coefficient (Wildman–Crippen LogP) is 2.50. The molecule has 3 N–H and O–H groups in total. The van der Waals surface area contributed by atoms with E-state index in [0.717, 1.165) is 44.1 Å². The first-order valence-electron chi connectivity index (χ1n) is 7.60. The highest BCUT2D eigenvalue weighted by Crippen LogP contribution is 2.26. The van der Waals surface area contributed by atoms with Crippen LogP contribution in [0.4, 0.5) is 4.79 Å². The molecule has 1 saturated carbocycles. The molecule has 116 valence electrons. The highest BCUT2D eigenvalue weighted by atomic mass is 16.7. The Bertz CT molecular complexity index is 428. The van der Waals surface area contributed by atoms with Gasteiger partial charge in [-0.3, -0.25) is 4.84 Å². The van der Waals surface area contributed by atoms with Crippen molar-refractivity contribution < 1.29 is 14.7 Å². The van der Waals surface area contributed by atoms with Gasteiger partial charge < -0.3 is 10.4 Å². The Balaban J connectivity index is 1.65. The summed E-state index contributed by atoms with van der Waals surface area (Å²) in [7, 11) is 0. The summed E-state index contributed by atoms with van der Waals surface area (Å²) in [5.74, 6) is 0. The maximum Gasteiger partial charge on any atom is 0.338 e. The second-order valence-corrected chi connectivity index (χ2v) is 5.70. The van der Waals surface area contributed by atoms with Gasteiger partial charge in [0.1, 0.15) is 0 Å². The van der Waals surface area contributed by atoms with E-state index in [9.17, 15) is 9.90 Å². The van der Waals surface area contributed by atoms with Crippen LogP contribution in [0.15, 0.2) is 30.3 Å². The Morgan fingerprint density at radius 1 is 1.14 bits per heavy atom. The van der Waals surface area contributed by atoms with Crippen LogP contribution in [-0.2, 0) is 11.4 Å².